The minimum Gasteiger partial charge on any atom is -0.493 e. The Morgan fingerprint density at radius 3 is 2.45 bits per heavy atom. The summed E-state index contributed by atoms with van der Waals surface area (Å²) >= 11 is 6.24. The van der Waals surface area contributed by atoms with Crippen molar-refractivity contribution in [1.29, 1.82) is 0 Å². The molecule has 1 heterocycles. The van der Waals surface area contributed by atoms with Crippen LogP contribution in [0.5, 0.6) is 17.2 Å². The third kappa shape index (κ3) is 6.49. The molecule has 3 rings (SSSR count). The van der Waals surface area contributed by atoms with Crippen molar-refractivity contribution in [2.75, 3.05) is 33.5 Å². The molecule has 0 aliphatic carbocycles. The largest absolute Gasteiger partial charge is 0.493 e. The monoisotopic (exact) mass is 431 g/mol. The van der Waals surface area contributed by atoms with E-state index in [9.17, 15) is 4.79 Å². The molecule has 0 aromatic heterocycles. The standard InChI is InChI=1S/C21H21NO5S2/c1-24-18-13-15(14-19-20(23)22-21(28)29-19)7-8-17(18)27-12-10-25-9-11-26-16-5-3-2-4-6-16/h2-8,13-14H,9-12H2,1H3,(H,22,23,28)/b19-14+. The zero-order valence-corrected chi connectivity index (χ0v) is 17.5. The van der Waals surface area contributed by atoms with E-state index in [0.29, 0.717) is 47.2 Å². The molecule has 1 aliphatic rings. The quantitative estimate of drug-likeness (QED) is 0.350. The fraction of sp³-hybridized carbons (Fsp3) is 0.238. The highest BCUT2D eigenvalue weighted by atomic mass is 32.2. The molecule has 0 bridgehead atoms. The SMILES string of the molecule is COc1cc(/C=C2/SC(=S)NC2=O)ccc1OCCOCCOc1ccccc1. The summed E-state index contributed by atoms with van der Waals surface area (Å²) in [5.41, 5.74) is 0.825. The summed E-state index contributed by atoms with van der Waals surface area (Å²) in [7, 11) is 1.57. The lowest BCUT2D eigenvalue weighted by Gasteiger charge is -2.12. The normalized spacial score (nSPS) is 14.7. The van der Waals surface area contributed by atoms with Crippen molar-refractivity contribution in [3.63, 3.8) is 0 Å². The van der Waals surface area contributed by atoms with Gasteiger partial charge in [0.2, 0.25) is 0 Å². The van der Waals surface area contributed by atoms with E-state index < -0.39 is 0 Å². The molecule has 2 aromatic rings. The van der Waals surface area contributed by atoms with Crippen LogP contribution in [0.15, 0.2) is 53.4 Å². The molecule has 152 valence electrons. The lowest BCUT2D eigenvalue weighted by molar-refractivity contribution is -0.115. The molecule has 1 aliphatic heterocycles. The van der Waals surface area contributed by atoms with Gasteiger partial charge in [0.15, 0.2) is 11.5 Å². The molecule has 1 saturated heterocycles. The van der Waals surface area contributed by atoms with Gasteiger partial charge in [0.1, 0.15) is 23.3 Å². The summed E-state index contributed by atoms with van der Waals surface area (Å²) < 4.78 is 22.7. The van der Waals surface area contributed by atoms with E-state index in [1.807, 2.05) is 42.5 Å². The second kappa shape index (κ2) is 10.8. The number of carbonyl (C=O) groups excluding carboxylic acids is 1. The van der Waals surface area contributed by atoms with Crippen LogP contribution < -0.4 is 19.5 Å². The summed E-state index contributed by atoms with van der Waals surface area (Å²) in [5.74, 6) is 1.82. The van der Waals surface area contributed by atoms with Crippen molar-refractivity contribution in [3.05, 3.63) is 59.0 Å². The first-order chi connectivity index (χ1) is 14.2. The number of hydrogen-bond acceptors (Lipinski definition) is 7. The molecule has 2 aromatic carbocycles. The average Bonchev–Trinajstić information content (AvgIpc) is 3.05. The number of rotatable bonds is 10. The summed E-state index contributed by atoms with van der Waals surface area (Å²) in [6.07, 6.45) is 1.77. The number of para-hydroxylation sites is 1. The Morgan fingerprint density at radius 2 is 1.76 bits per heavy atom. The van der Waals surface area contributed by atoms with Crippen LogP contribution in [-0.4, -0.2) is 43.8 Å². The summed E-state index contributed by atoms with van der Waals surface area (Å²) in [6, 6.07) is 15.1. The molecular weight excluding hydrogens is 410 g/mol. The van der Waals surface area contributed by atoms with Crippen molar-refractivity contribution in [1.82, 2.24) is 5.32 Å². The second-order valence-corrected chi connectivity index (χ2v) is 7.60. The van der Waals surface area contributed by atoms with Gasteiger partial charge in [0.05, 0.1) is 25.2 Å². The molecule has 6 nitrogen and oxygen atoms in total. The Kier molecular flexibility index (Phi) is 7.92. The van der Waals surface area contributed by atoms with Gasteiger partial charge in [-0.25, -0.2) is 0 Å². The van der Waals surface area contributed by atoms with Gasteiger partial charge in [0.25, 0.3) is 5.91 Å². The van der Waals surface area contributed by atoms with E-state index in [2.05, 4.69) is 5.32 Å². The molecule has 1 amide bonds. The van der Waals surface area contributed by atoms with Gasteiger partial charge in [-0.3, -0.25) is 4.79 Å². The third-order valence-electron chi connectivity index (χ3n) is 3.85. The van der Waals surface area contributed by atoms with Crippen LogP contribution in [0, 0.1) is 0 Å². The molecule has 0 saturated carbocycles. The number of hydrogen-bond donors (Lipinski definition) is 1. The van der Waals surface area contributed by atoms with E-state index in [-0.39, 0.29) is 5.91 Å². The van der Waals surface area contributed by atoms with Crippen LogP contribution in [0.1, 0.15) is 5.56 Å². The Labute approximate surface area is 179 Å². The topological polar surface area (TPSA) is 66.0 Å². The zero-order chi connectivity index (χ0) is 20.5. The second-order valence-electron chi connectivity index (χ2n) is 5.88. The molecule has 0 radical (unpaired) electrons. The van der Waals surface area contributed by atoms with Crippen LogP contribution in [0.3, 0.4) is 0 Å². The van der Waals surface area contributed by atoms with E-state index in [1.54, 1.807) is 19.3 Å². The van der Waals surface area contributed by atoms with E-state index >= 15 is 0 Å². The number of ether oxygens (including phenoxy) is 4. The van der Waals surface area contributed by atoms with Crippen molar-refractivity contribution in [3.8, 4) is 17.2 Å². The van der Waals surface area contributed by atoms with Crippen molar-refractivity contribution >= 4 is 40.3 Å². The number of nitrogens with one attached hydrogen (secondary N) is 1. The van der Waals surface area contributed by atoms with Crippen LogP contribution in [0.2, 0.25) is 0 Å². The molecule has 1 fully saturated rings. The highest BCUT2D eigenvalue weighted by Crippen LogP contribution is 2.31. The Morgan fingerprint density at radius 1 is 1.00 bits per heavy atom. The maximum absolute atomic E-state index is 11.8. The number of methoxy groups -OCH3 is 1. The highest BCUT2D eigenvalue weighted by Gasteiger charge is 2.22. The van der Waals surface area contributed by atoms with Crippen LogP contribution in [0.25, 0.3) is 6.08 Å². The first kappa shape index (κ1) is 21.2. The van der Waals surface area contributed by atoms with Crippen LogP contribution in [0.4, 0.5) is 0 Å². The minimum atomic E-state index is -0.187. The van der Waals surface area contributed by atoms with Gasteiger partial charge in [-0.05, 0) is 35.9 Å². The first-order valence-electron chi connectivity index (χ1n) is 8.97. The molecule has 0 atom stereocenters. The fourth-order valence-electron chi connectivity index (χ4n) is 2.51. The van der Waals surface area contributed by atoms with Gasteiger partial charge < -0.3 is 24.3 Å². The number of amides is 1. The lowest BCUT2D eigenvalue weighted by atomic mass is 10.2. The summed E-state index contributed by atoms with van der Waals surface area (Å²) in [6.45, 7) is 1.77. The average molecular weight is 432 g/mol. The predicted octanol–water partition coefficient (Wildman–Crippen LogP) is 3.66. The molecule has 8 heteroatoms. The molecule has 0 spiro atoms. The summed E-state index contributed by atoms with van der Waals surface area (Å²) in [4.78, 5) is 12.3. The molecule has 0 unspecified atom stereocenters. The van der Waals surface area contributed by atoms with E-state index in [4.69, 9.17) is 31.2 Å². The van der Waals surface area contributed by atoms with Crippen LogP contribution >= 0.6 is 24.0 Å². The number of carbonyl (C=O) groups is 1. The Hall–Kier alpha value is -2.55. The van der Waals surface area contributed by atoms with E-state index in [1.165, 1.54) is 11.8 Å². The van der Waals surface area contributed by atoms with Gasteiger partial charge in [-0.2, -0.15) is 0 Å². The Balaban J connectivity index is 1.43. The first-order valence-corrected chi connectivity index (χ1v) is 10.2. The van der Waals surface area contributed by atoms with Crippen molar-refractivity contribution in [2.45, 2.75) is 0 Å². The molecule has 1 N–H and O–H groups in total. The number of benzene rings is 2. The summed E-state index contributed by atoms with van der Waals surface area (Å²) in [5, 5.41) is 2.59. The van der Waals surface area contributed by atoms with Crippen LogP contribution in [-0.2, 0) is 9.53 Å². The van der Waals surface area contributed by atoms with Gasteiger partial charge in [0, 0.05) is 0 Å². The van der Waals surface area contributed by atoms with Gasteiger partial charge in [-0.15, -0.1) is 0 Å². The number of thioether (sulfide) groups is 1. The maximum atomic E-state index is 11.8. The molecule has 29 heavy (non-hydrogen) atoms. The Bertz CT molecular complexity index is 886. The maximum Gasteiger partial charge on any atom is 0.263 e. The zero-order valence-electron chi connectivity index (χ0n) is 15.9. The van der Waals surface area contributed by atoms with Gasteiger partial charge in [-0.1, -0.05) is 48.2 Å². The van der Waals surface area contributed by atoms with Crippen molar-refractivity contribution < 1.29 is 23.7 Å². The predicted molar refractivity (Wildman–Crippen MR) is 118 cm³/mol. The highest BCUT2D eigenvalue weighted by molar-refractivity contribution is 8.26. The molecular formula is C21H21NO5S2. The lowest BCUT2D eigenvalue weighted by Crippen LogP contribution is -2.17. The number of thiocarbonyl (C=S) groups is 1. The third-order valence-corrected chi connectivity index (χ3v) is 5.02. The smallest absolute Gasteiger partial charge is 0.263 e. The van der Waals surface area contributed by atoms with E-state index in [0.717, 1.165) is 11.3 Å². The van der Waals surface area contributed by atoms with Crippen molar-refractivity contribution in [2.24, 2.45) is 0 Å². The fourth-order valence-corrected chi connectivity index (χ4v) is 3.56. The minimum absolute atomic E-state index is 0.187. The van der Waals surface area contributed by atoms with Gasteiger partial charge >= 0.3 is 0 Å².